The Morgan fingerprint density at radius 1 is 1.13 bits per heavy atom. The molecule has 3 heteroatoms. The Morgan fingerprint density at radius 3 is 2.27 bits per heavy atom. The van der Waals surface area contributed by atoms with Crippen molar-refractivity contribution in [2.75, 3.05) is 7.11 Å². The van der Waals surface area contributed by atoms with Crippen LogP contribution >= 0.6 is 11.3 Å². The van der Waals surface area contributed by atoms with Gasteiger partial charge in [0.05, 0.1) is 22.7 Å². The van der Waals surface area contributed by atoms with Crippen molar-refractivity contribution in [2.24, 2.45) is 0 Å². The van der Waals surface area contributed by atoms with Gasteiger partial charge in [-0.15, -0.1) is 11.3 Å². The Morgan fingerprint density at radius 2 is 1.80 bits per heavy atom. The predicted octanol–water partition coefficient (Wildman–Crippen LogP) is 3.44. The molecule has 2 nitrogen and oxygen atoms in total. The standard InChI is InChI=1S/C12H13NOS/c1-8-12(15-9(2)13-8)10-4-6-11(14-3)7-5-10/h4-7H,1-3H3. The first-order chi connectivity index (χ1) is 7.20. The Hall–Kier alpha value is -1.35. The van der Waals surface area contributed by atoms with Crippen LogP contribution in [0.2, 0.25) is 0 Å². The topological polar surface area (TPSA) is 22.1 Å². The number of aromatic nitrogens is 1. The Bertz CT molecular complexity index is 459. The summed E-state index contributed by atoms with van der Waals surface area (Å²) in [6, 6.07) is 8.09. The van der Waals surface area contributed by atoms with E-state index in [9.17, 15) is 0 Å². The molecular weight excluding hydrogens is 206 g/mol. The van der Waals surface area contributed by atoms with Crippen molar-refractivity contribution in [3.8, 4) is 16.2 Å². The van der Waals surface area contributed by atoms with Gasteiger partial charge in [-0.2, -0.15) is 0 Å². The number of aryl methyl sites for hydroxylation is 2. The van der Waals surface area contributed by atoms with Gasteiger partial charge in [-0.05, 0) is 43.7 Å². The number of rotatable bonds is 2. The maximum absolute atomic E-state index is 5.13. The van der Waals surface area contributed by atoms with Crippen LogP contribution in [0.15, 0.2) is 24.3 Å². The molecule has 0 amide bonds. The number of thiazole rings is 1. The number of methoxy groups -OCH3 is 1. The van der Waals surface area contributed by atoms with E-state index in [4.69, 9.17) is 4.74 Å². The highest BCUT2D eigenvalue weighted by atomic mass is 32.1. The molecule has 0 atom stereocenters. The van der Waals surface area contributed by atoms with Gasteiger partial charge in [-0.25, -0.2) is 4.98 Å². The van der Waals surface area contributed by atoms with Crippen molar-refractivity contribution in [1.29, 1.82) is 0 Å². The third-order valence-electron chi connectivity index (χ3n) is 2.26. The average molecular weight is 219 g/mol. The summed E-state index contributed by atoms with van der Waals surface area (Å²) in [5, 5.41) is 1.11. The first-order valence-electron chi connectivity index (χ1n) is 4.79. The molecule has 0 spiro atoms. The minimum atomic E-state index is 0.887. The van der Waals surface area contributed by atoms with Gasteiger partial charge in [0.1, 0.15) is 5.75 Å². The number of ether oxygens (including phenoxy) is 1. The van der Waals surface area contributed by atoms with Crippen molar-refractivity contribution in [3.63, 3.8) is 0 Å². The second-order valence-electron chi connectivity index (χ2n) is 3.38. The minimum absolute atomic E-state index is 0.887. The van der Waals surface area contributed by atoms with Crippen LogP contribution in [0.25, 0.3) is 10.4 Å². The summed E-state index contributed by atoms with van der Waals surface area (Å²) in [4.78, 5) is 5.66. The fourth-order valence-corrected chi connectivity index (χ4v) is 2.47. The number of hydrogen-bond acceptors (Lipinski definition) is 3. The summed E-state index contributed by atoms with van der Waals surface area (Å²) in [6.07, 6.45) is 0. The van der Waals surface area contributed by atoms with E-state index in [1.165, 1.54) is 10.4 Å². The summed E-state index contributed by atoms with van der Waals surface area (Å²) in [6.45, 7) is 4.08. The van der Waals surface area contributed by atoms with Gasteiger partial charge < -0.3 is 4.74 Å². The fourth-order valence-electron chi connectivity index (χ4n) is 1.54. The van der Waals surface area contributed by atoms with Crippen LogP contribution in [-0.4, -0.2) is 12.1 Å². The minimum Gasteiger partial charge on any atom is -0.497 e. The number of benzene rings is 1. The van der Waals surface area contributed by atoms with E-state index in [1.54, 1.807) is 18.4 Å². The Balaban J connectivity index is 2.41. The monoisotopic (exact) mass is 219 g/mol. The Labute approximate surface area is 93.6 Å². The zero-order valence-electron chi connectivity index (χ0n) is 9.07. The molecule has 2 rings (SSSR count). The number of hydrogen-bond donors (Lipinski definition) is 0. The lowest BCUT2D eigenvalue weighted by Crippen LogP contribution is -1.82. The van der Waals surface area contributed by atoms with E-state index in [0.717, 1.165) is 16.5 Å². The molecule has 1 aromatic carbocycles. The predicted molar refractivity (Wildman–Crippen MR) is 63.6 cm³/mol. The molecule has 0 unspecified atom stereocenters. The van der Waals surface area contributed by atoms with Crippen molar-refractivity contribution in [2.45, 2.75) is 13.8 Å². The zero-order chi connectivity index (χ0) is 10.8. The molecular formula is C12H13NOS. The van der Waals surface area contributed by atoms with Crippen LogP contribution in [0.5, 0.6) is 5.75 Å². The van der Waals surface area contributed by atoms with E-state index in [0.29, 0.717) is 0 Å². The van der Waals surface area contributed by atoms with Crippen LogP contribution in [0, 0.1) is 13.8 Å². The highest BCUT2D eigenvalue weighted by Gasteiger charge is 2.06. The molecule has 0 fully saturated rings. The maximum Gasteiger partial charge on any atom is 0.118 e. The molecule has 0 aliphatic carbocycles. The van der Waals surface area contributed by atoms with Gasteiger partial charge in [-0.3, -0.25) is 0 Å². The van der Waals surface area contributed by atoms with Gasteiger partial charge in [0, 0.05) is 0 Å². The van der Waals surface area contributed by atoms with Crippen molar-refractivity contribution in [1.82, 2.24) is 4.98 Å². The summed E-state index contributed by atoms with van der Waals surface area (Å²) < 4.78 is 5.13. The van der Waals surface area contributed by atoms with Crippen molar-refractivity contribution in [3.05, 3.63) is 35.0 Å². The SMILES string of the molecule is COc1ccc(-c2sc(C)nc2C)cc1. The van der Waals surface area contributed by atoms with Crippen LogP contribution in [-0.2, 0) is 0 Å². The largest absolute Gasteiger partial charge is 0.497 e. The second-order valence-corrected chi connectivity index (χ2v) is 4.58. The van der Waals surface area contributed by atoms with Gasteiger partial charge in [-0.1, -0.05) is 0 Å². The van der Waals surface area contributed by atoms with E-state index < -0.39 is 0 Å². The van der Waals surface area contributed by atoms with Crippen molar-refractivity contribution < 1.29 is 4.74 Å². The van der Waals surface area contributed by atoms with Crippen LogP contribution in [0.3, 0.4) is 0 Å². The van der Waals surface area contributed by atoms with Crippen molar-refractivity contribution >= 4 is 11.3 Å². The third kappa shape index (κ3) is 2.02. The smallest absolute Gasteiger partial charge is 0.118 e. The third-order valence-corrected chi connectivity index (χ3v) is 3.38. The highest BCUT2D eigenvalue weighted by Crippen LogP contribution is 2.30. The van der Waals surface area contributed by atoms with Gasteiger partial charge in [0.25, 0.3) is 0 Å². The molecule has 0 saturated heterocycles. The molecule has 2 aromatic rings. The number of nitrogens with zero attached hydrogens (tertiary/aromatic N) is 1. The molecule has 0 aliphatic heterocycles. The first kappa shape index (κ1) is 10.2. The molecule has 78 valence electrons. The summed E-state index contributed by atoms with van der Waals surface area (Å²) >= 11 is 1.73. The zero-order valence-corrected chi connectivity index (χ0v) is 9.89. The van der Waals surface area contributed by atoms with E-state index in [-0.39, 0.29) is 0 Å². The molecule has 1 heterocycles. The highest BCUT2D eigenvalue weighted by molar-refractivity contribution is 7.15. The lowest BCUT2D eigenvalue weighted by Gasteiger charge is -2.01. The molecule has 0 radical (unpaired) electrons. The van der Waals surface area contributed by atoms with Crippen LogP contribution < -0.4 is 4.74 Å². The quantitative estimate of drug-likeness (QED) is 0.772. The molecule has 0 N–H and O–H groups in total. The summed E-state index contributed by atoms with van der Waals surface area (Å²) in [7, 11) is 1.68. The fraction of sp³-hybridized carbons (Fsp3) is 0.250. The molecule has 0 bridgehead atoms. The van der Waals surface area contributed by atoms with E-state index >= 15 is 0 Å². The van der Waals surface area contributed by atoms with Gasteiger partial charge in [0.2, 0.25) is 0 Å². The summed E-state index contributed by atoms with van der Waals surface area (Å²) in [5.74, 6) is 0.887. The second kappa shape index (κ2) is 4.03. The van der Waals surface area contributed by atoms with Gasteiger partial charge >= 0.3 is 0 Å². The lowest BCUT2D eigenvalue weighted by atomic mass is 10.1. The molecule has 15 heavy (non-hydrogen) atoms. The molecule has 1 aromatic heterocycles. The van der Waals surface area contributed by atoms with E-state index in [1.807, 2.05) is 26.0 Å². The summed E-state index contributed by atoms with van der Waals surface area (Å²) in [5.41, 5.74) is 2.31. The van der Waals surface area contributed by atoms with E-state index in [2.05, 4.69) is 17.1 Å². The van der Waals surface area contributed by atoms with Gasteiger partial charge in [0.15, 0.2) is 0 Å². The molecule has 0 saturated carbocycles. The normalized spacial score (nSPS) is 10.3. The maximum atomic E-state index is 5.13. The molecule has 0 aliphatic rings. The Kier molecular flexibility index (Phi) is 2.73. The van der Waals surface area contributed by atoms with Crippen LogP contribution in [0.4, 0.5) is 0 Å². The van der Waals surface area contributed by atoms with Crippen LogP contribution in [0.1, 0.15) is 10.7 Å². The lowest BCUT2D eigenvalue weighted by molar-refractivity contribution is 0.415. The first-order valence-corrected chi connectivity index (χ1v) is 5.61. The average Bonchev–Trinajstić information content (AvgIpc) is 2.58.